The predicted molar refractivity (Wildman–Crippen MR) is 73.7 cm³/mol. The lowest BCUT2D eigenvalue weighted by molar-refractivity contribution is -0.130. The number of benzene rings is 1. The van der Waals surface area contributed by atoms with Gasteiger partial charge in [0, 0.05) is 31.9 Å². The zero-order valence-electron chi connectivity index (χ0n) is 11.4. The fourth-order valence-corrected chi connectivity index (χ4v) is 2.05. The standard InChI is InChI=1S/C14H20FN3O/c1-11-3-4-12(9-13(11)15)16-10-14(19)18-7-5-17(2)6-8-18/h3-4,9,16H,5-8,10H2,1-2H3. The number of rotatable bonds is 3. The molecule has 0 atom stereocenters. The maximum absolute atomic E-state index is 13.4. The molecule has 1 fully saturated rings. The van der Waals surface area contributed by atoms with Crippen molar-refractivity contribution in [1.29, 1.82) is 0 Å². The third-order valence-electron chi connectivity index (χ3n) is 3.47. The van der Waals surface area contributed by atoms with Gasteiger partial charge in [0.2, 0.25) is 5.91 Å². The number of carbonyl (C=O) groups is 1. The molecule has 0 unspecified atom stereocenters. The van der Waals surface area contributed by atoms with Crippen LogP contribution in [0.3, 0.4) is 0 Å². The number of hydrogen-bond donors (Lipinski definition) is 1. The summed E-state index contributed by atoms with van der Waals surface area (Å²) >= 11 is 0. The maximum Gasteiger partial charge on any atom is 0.241 e. The smallest absolute Gasteiger partial charge is 0.241 e. The van der Waals surface area contributed by atoms with Crippen LogP contribution in [0.2, 0.25) is 0 Å². The quantitative estimate of drug-likeness (QED) is 0.895. The minimum atomic E-state index is -0.253. The third kappa shape index (κ3) is 3.67. The molecule has 1 aliphatic heterocycles. The molecule has 1 aromatic rings. The van der Waals surface area contributed by atoms with Gasteiger partial charge >= 0.3 is 0 Å². The molecule has 1 saturated heterocycles. The second-order valence-corrected chi connectivity index (χ2v) is 5.00. The largest absolute Gasteiger partial charge is 0.376 e. The fourth-order valence-electron chi connectivity index (χ4n) is 2.05. The highest BCUT2D eigenvalue weighted by atomic mass is 19.1. The van der Waals surface area contributed by atoms with Gasteiger partial charge in [0.25, 0.3) is 0 Å². The molecule has 0 radical (unpaired) electrons. The van der Waals surface area contributed by atoms with Crippen LogP contribution in [0.5, 0.6) is 0 Å². The lowest BCUT2D eigenvalue weighted by Crippen LogP contribution is -2.48. The minimum absolute atomic E-state index is 0.0640. The normalized spacial score (nSPS) is 16.5. The van der Waals surface area contributed by atoms with Crippen LogP contribution < -0.4 is 5.32 Å². The first-order valence-electron chi connectivity index (χ1n) is 6.52. The summed E-state index contributed by atoms with van der Waals surface area (Å²) in [6.07, 6.45) is 0. The summed E-state index contributed by atoms with van der Waals surface area (Å²) in [4.78, 5) is 16.0. The average molecular weight is 265 g/mol. The van der Waals surface area contributed by atoms with Crippen molar-refractivity contribution in [1.82, 2.24) is 9.80 Å². The van der Waals surface area contributed by atoms with Gasteiger partial charge in [0.1, 0.15) is 5.82 Å². The number of likely N-dealkylation sites (N-methyl/N-ethyl adjacent to an activating group) is 1. The number of amides is 1. The zero-order valence-corrected chi connectivity index (χ0v) is 11.4. The molecule has 0 saturated carbocycles. The van der Waals surface area contributed by atoms with E-state index in [9.17, 15) is 9.18 Å². The summed E-state index contributed by atoms with van der Waals surface area (Å²) in [5, 5.41) is 2.98. The third-order valence-corrected chi connectivity index (χ3v) is 3.47. The Kier molecular flexibility index (Phi) is 4.37. The SMILES string of the molecule is Cc1ccc(NCC(=O)N2CCN(C)CC2)cc1F. The number of piperazine rings is 1. The first-order chi connectivity index (χ1) is 9.06. The molecule has 1 amide bonds. The maximum atomic E-state index is 13.4. The van der Waals surface area contributed by atoms with Crippen LogP contribution in [0.1, 0.15) is 5.56 Å². The highest BCUT2D eigenvalue weighted by Gasteiger charge is 2.18. The lowest BCUT2D eigenvalue weighted by atomic mass is 10.2. The van der Waals surface area contributed by atoms with Gasteiger partial charge in [-0.15, -0.1) is 0 Å². The molecule has 19 heavy (non-hydrogen) atoms. The Balaban J connectivity index is 1.84. The molecule has 0 spiro atoms. The van der Waals surface area contributed by atoms with Gasteiger partial charge in [-0.25, -0.2) is 4.39 Å². The number of aryl methyl sites for hydroxylation is 1. The molecule has 104 valence electrons. The summed E-state index contributed by atoms with van der Waals surface area (Å²) < 4.78 is 13.4. The Hall–Kier alpha value is -1.62. The van der Waals surface area contributed by atoms with E-state index in [0.717, 1.165) is 26.2 Å². The van der Waals surface area contributed by atoms with Crippen molar-refractivity contribution >= 4 is 11.6 Å². The van der Waals surface area contributed by atoms with E-state index in [2.05, 4.69) is 17.3 Å². The number of halogens is 1. The van der Waals surface area contributed by atoms with Gasteiger partial charge in [-0.3, -0.25) is 4.79 Å². The number of carbonyl (C=O) groups excluding carboxylic acids is 1. The van der Waals surface area contributed by atoms with Crippen LogP contribution in [-0.2, 0) is 4.79 Å². The van der Waals surface area contributed by atoms with Crippen molar-refractivity contribution in [3.05, 3.63) is 29.6 Å². The number of nitrogens with one attached hydrogen (secondary N) is 1. The number of hydrogen-bond acceptors (Lipinski definition) is 3. The summed E-state index contributed by atoms with van der Waals surface area (Å²) in [6.45, 7) is 5.27. The molecule has 5 heteroatoms. The summed E-state index contributed by atoms with van der Waals surface area (Å²) in [6, 6.07) is 4.92. The van der Waals surface area contributed by atoms with Crippen LogP contribution in [0.4, 0.5) is 10.1 Å². The second kappa shape index (κ2) is 6.02. The van der Waals surface area contributed by atoms with E-state index in [1.165, 1.54) is 6.07 Å². The van der Waals surface area contributed by atoms with E-state index >= 15 is 0 Å². The Morgan fingerprint density at radius 2 is 2.00 bits per heavy atom. The van der Waals surface area contributed by atoms with Crippen molar-refractivity contribution < 1.29 is 9.18 Å². The van der Waals surface area contributed by atoms with Gasteiger partial charge in [0.05, 0.1) is 6.54 Å². The first kappa shape index (κ1) is 13.8. The molecule has 4 nitrogen and oxygen atoms in total. The molecule has 1 aromatic carbocycles. The molecular formula is C14H20FN3O. The summed E-state index contributed by atoms with van der Waals surface area (Å²) in [5.41, 5.74) is 1.25. The van der Waals surface area contributed by atoms with Gasteiger partial charge < -0.3 is 15.1 Å². The van der Waals surface area contributed by atoms with E-state index < -0.39 is 0 Å². The summed E-state index contributed by atoms with van der Waals surface area (Å²) in [7, 11) is 2.05. The van der Waals surface area contributed by atoms with Crippen molar-refractivity contribution in [3.8, 4) is 0 Å². The molecule has 1 heterocycles. The van der Waals surface area contributed by atoms with Crippen molar-refractivity contribution in [2.45, 2.75) is 6.92 Å². The molecule has 0 aliphatic carbocycles. The van der Waals surface area contributed by atoms with E-state index in [4.69, 9.17) is 0 Å². The Morgan fingerprint density at radius 3 is 2.63 bits per heavy atom. The fraction of sp³-hybridized carbons (Fsp3) is 0.500. The molecule has 1 aliphatic rings. The van der Waals surface area contributed by atoms with E-state index in [-0.39, 0.29) is 18.3 Å². The number of nitrogens with zero attached hydrogens (tertiary/aromatic N) is 2. The van der Waals surface area contributed by atoms with Crippen LogP contribution in [0.25, 0.3) is 0 Å². The molecule has 2 rings (SSSR count). The van der Waals surface area contributed by atoms with Gasteiger partial charge in [-0.2, -0.15) is 0 Å². The second-order valence-electron chi connectivity index (χ2n) is 5.00. The Bertz CT molecular complexity index is 456. The summed E-state index contributed by atoms with van der Waals surface area (Å²) in [5.74, 6) is -0.189. The van der Waals surface area contributed by atoms with Crippen LogP contribution in [0, 0.1) is 12.7 Å². The van der Waals surface area contributed by atoms with Crippen molar-refractivity contribution in [3.63, 3.8) is 0 Å². The van der Waals surface area contributed by atoms with Crippen molar-refractivity contribution in [2.24, 2.45) is 0 Å². The van der Waals surface area contributed by atoms with Crippen LogP contribution in [0.15, 0.2) is 18.2 Å². The lowest BCUT2D eigenvalue weighted by Gasteiger charge is -2.32. The van der Waals surface area contributed by atoms with Crippen LogP contribution >= 0.6 is 0 Å². The molecule has 0 bridgehead atoms. The molecule has 0 aromatic heterocycles. The molecular weight excluding hydrogens is 245 g/mol. The van der Waals surface area contributed by atoms with E-state index in [0.29, 0.717) is 11.3 Å². The van der Waals surface area contributed by atoms with Gasteiger partial charge in [-0.1, -0.05) is 6.07 Å². The monoisotopic (exact) mass is 265 g/mol. The Morgan fingerprint density at radius 1 is 1.32 bits per heavy atom. The first-order valence-corrected chi connectivity index (χ1v) is 6.52. The molecule has 1 N–H and O–H groups in total. The zero-order chi connectivity index (χ0) is 13.8. The van der Waals surface area contributed by atoms with Gasteiger partial charge in [-0.05, 0) is 31.7 Å². The van der Waals surface area contributed by atoms with Crippen molar-refractivity contribution in [2.75, 3.05) is 45.1 Å². The highest BCUT2D eigenvalue weighted by molar-refractivity contribution is 5.81. The topological polar surface area (TPSA) is 35.6 Å². The Labute approximate surface area is 113 Å². The van der Waals surface area contributed by atoms with Gasteiger partial charge in [0.15, 0.2) is 0 Å². The van der Waals surface area contributed by atoms with E-state index in [1.54, 1.807) is 19.1 Å². The average Bonchev–Trinajstić information content (AvgIpc) is 2.40. The van der Waals surface area contributed by atoms with Crippen LogP contribution in [-0.4, -0.2) is 55.5 Å². The highest BCUT2D eigenvalue weighted by Crippen LogP contribution is 2.13. The minimum Gasteiger partial charge on any atom is -0.376 e. The van der Waals surface area contributed by atoms with E-state index in [1.807, 2.05) is 4.90 Å². The predicted octanol–water partition coefficient (Wildman–Crippen LogP) is 1.32. The number of anilines is 1.